The number of carbonyl (C=O) groups excluding carboxylic acids is 1. The molecule has 0 aromatic rings. The summed E-state index contributed by atoms with van der Waals surface area (Å²) in [6, 6.07) is 0. The van der Waals surface area contributed by atoms with Crippen molar-refractivity contribution in [3.05, 3.63) is 0 Å². The second kappa shape index (κ2) is 6.82. The van der Waals surface area contributed by atoms with E-state index in [1.807, 2.05) is 0 Å². The van der Waals surface area contributed by atoms with Crippen molar-refractivity contribution in [1.82, 2.24) is 10.8 Å². The third kappa shape index (κ3) is 5.57. The Labute approximate surface area is 77.7 Å². The molecule has 0 radical (unpaired) electrons. The van der Waals surface area contributed by atoms with Gasteiger partial charge in [0.25, 0.3) is 0 Å². The van der Waals surface area contributed by atoms with Crippen molar-refractivity contribution in [3.8, 4) is 0 Å². The summed E-state index contributed by atoms with van der Waals surface area (Å²) in [5, 5.41) is 2.87. The predicted octanol–water partition coefficient (Wildman–Crippen LogP) is -0.218. The number of esters is 1. The molecule has 0 saturated carbocycles. The van der Waals surface area contributed by atoms with Crippen molar-refractivity contribution in [2.45, 2.75) is 19.3 Å². The first-order chi connectivity index (χ1) is 6.39. The molecule has 5 nitrogen and oxygen atoms in total. The van der Waals surface area contributed by atoms with Crippen molar-refractivity contribution in [1.29, 1.82) is 0 Å². The summed E-state index contributed by atoms with van der Waals surface area (Å²) < 4.78 is 4.53. The lowest BCUT2D eigenvalue weighted by Gasteiger charge is -2.10. The van der Waals surface area contributed by atoms with Gasteiger partial charge in [-0.1, -0.05) is 0 Å². The molecule has 2 fully saturated rings. The van der Waals surface area contributed by atoms with Crippen molar-refractivity contribution >= 4 is 5.97 Å². The van der Waals surface area contributed by atoms with E-state index < -0.39 is 0 Å². The zero-order valence-electron chi connectivity index (χ0n) is 7.67. The molecule has 76 valence electrons. The van der Waals surface area contributed by atoms with E-state index in [4.69, 9.17) is 4.84 Å². The largest absolute Gasteiger partial charge is 0.450 e. The van der Waals surface area contributed by atoms with Gasteiger partial charge in [0.15, 0.2) is 0 Å². The Kier molecular flexibility index (Phi) is 5.47. The van der Waals surface area contributed by atoms with E-state index >= 15 is 0 Å². The van der Waals surface area contributed by atoms with Crippen LogP contribution in [0, 0.1) is 0 Å². The lowest BCUT2D eigenvalue weighted by atomic mass is 10.3. The molecule has 2 saturated heterocycles. The molecule has 2 rings (SSSR count). The normalized spacial score (nSPS) is 22.6. The average Bonchev–Trinajstić information content (AvgIpc) is 2.22. The molecule has 0 unspecified atom stereocenters. The van der Waals surface area contributed by atoms with Crippen LogP contribution in [0.3, 0.4) is 0 Å². The molecule has 0 aromatic heterocycles. The average molecular weight is 188 g/mol. The predicted molar refractivity (Wildman–Crippen MR) is 46.8 cm³/mol. The summed E-state index contributed by atoms with van der Waals surface area (Å²) in [5.74, 6) is -0.0984. The monoisotopic (exact) mass is 188 g/mol. The molecule has 2 aliphatic rings. The van der Waals surface area contributed by atoms with Gasteiger partial charge in [0.2, 0.25) is 0 Å². The summed E-state index contributed by atoms with van der Waals surface area (Å²) in [6.45, 7) is 3.07. The molecule has 0 aromatic carbocycles. The van der Waals surface area contributed by atoms with E-state index in [9.17, 15) is 4.79 Å². The van der Waals surface area contributed by atoms with Gasteiger partial charge in [-0.25, -0.2) is 5.48 Å². The summed E-state index contributed by atoms with van der Waals surface area (Å²) in [7, 11) is 0. The first-order valence-electron chi connectivity index (χ1n) is 4.60. The second-order valence-electron chi connectivity index (χ2n) is 2.86. The van der Waals surface area contributed by atoms with Gasteiger partial charge in [0.1, 0.15) is 6.73 Å². The van der Waals surface area contributed by atoms with E-state index in [2.05, 4.69) is 15.5 Å². The summed E-state index contributed by atoms with van der Waals surface area (Å²) in [4.78, 5) is 15.0. The molecule has 0 atom stereocenters. The Bertz CT molecular complexity index is 129. The Morgan fingerprint density at radius 1 is 1.23 bits per heavy atom. The minimum Gasteiger partial charge on any atom is -0.450 e. The third-order valence-electron chi connectivity index (χ3n) is 1.72. The van der Waals surface area contributed by atoms with E-state index in [-0.39, 0.29) is 5.97 Å². The quantitative estimate of drug-likeness (QED) is 0.515. The van der Waals surface area contributed by atoms with Crippen LogP contribution in [-0.4, -0.2) is 32.4 Å². The number of nitrogens with one attached hydrogen (secondary N) is 2. The van der Waals surface area contributed by atoms with Crippen LogP contribution in [0.25, 0.3) is 0 Å². The number of rotatable bonds is 0. The van der Waals surface area contributed by atoms with Crippen LogP contribution >= 0.6 is 0 Å². The number of hydrogen-bond acceptors (Lipinski definition) is 5. The highest BCUT2D eigenvalue weighted by Crippen LogP contribution is 1.91. The lowest BCUT2D eigenvalue weighted by molar-refractivity contribution is -0.147. The first kappa shape index (κ1) is 10.4. The van der Waals surface area contributed by atoms with Gasteiger partial charge in [0.05, 0.1) is 13.0 Å². The zero-order chi connectivity index (χ0) is 9.36. The van der Waals surface area contributed by atoms with E-state index in [0.717, 1.165) is 19.7 Å². The fourth-order valence-corrected chi connectivity index (χ4v) is 0.982. The molecule has 2 heterocycles. The molecular formula is C8H16N2O3. The number of hydrogen-bond donors (Lipinski definition) is 2. The second-order valence-corrected chi connectivity index (χ2v) is 2.86. The maximum absolute atomic E-state index is 10.2. The highest BCUT2D eigenvalue weighted by atomic mass is 16.6. The number of ether oxygens (including phenoxy) is 1. The Morgan fingerprint density at radius 2 is 2.15 bits per heavy atom. The van der Waals surface area contributed by atoms with Crippen LogP contribution in [0.15, 0.2) is 0 Å². The SMILES string of the molecule is C1CCONC1.O=C1CCNCO1. The maximum atomic E-state index is 10.2. The van der Waals surface area contributed by atoms with E-state index in [1.165, 1.54) is 12.8 Å². The van der Waals surface area contributed by atoms with Gasteiger partial charge in [-0.3, -0.25) is 10.1 Å². The van der Waals surface area contributed by atoms with Gasteiger partial charge in [-0.15, -0.1) is 0 Å². The van der Waals surface area contributed by atoms with Crippen LogP contribution < -0.4 is 10.8 Å². The lowest BCUT2D eigenvalue weighted by Crippen LogP contribution is -2.29. The van der Waals surface area contributed by atoms with Crippen molar-refractivity contribution in [2.24, 2.45) is 0 Å². The topological polar surface area (TPSA) is 59.6 Å². The Morgan fingerprint density at radius 3 is 2.38 bits per heavy atom. The standard InChI is InChI=1S/C4H7NO2.C4H9NO/c6-4-1-2-5-3-7-4;1-2-4-6-5-3-1/h5H,1-3H2;5H,1-4H2. The van der Waals surface area contributed by atoms with Crippen LogP contribution in [0.4, 0.5) is 0 Å². The van der Waals surface area contributed by atoms with E-state index in [1.54, 1.807) is 0 Å². The minimum atomic E-state index is -0.0984. The van der Waals surface area contributed by atoms with Gasteiger partial charge in [-0.2, -0.15) is 0 Å². The van der Waals surface area contributed by atoms with Gasteiger partial charge >= 0.3 is 5.97 Å². The van der Waals surface area contributed by atoms with Gasteiger partial charge < -0.3 is 9.57 Å². The molecule has 0 spiro atoms. The van der Waals surface area contributed by atoms with Crippen molar-refractivity contribution < 1.29 is 14.4 Å². The maximum Gasteiger partial charge on any atom is 0.308 e. The summed E-state index contributed by atoms with van der Waals surface area (Å²) >= 11 is 0. The fraction of sp³-hybridized carbons (Fsp3) is 0.875. The molecular weight excluding hydrogens is 172 g/mol. The fourth-order valence-electron chi connectivity index (χ4n) is 0.982. The molecule has 0 aliphatic carbocycles. The molecule has 0 amide bonds. The highest BCUT2D eigenvalue weighted by molar-refractivity contribution is 5.70. The number of carbonyl (C=O) groups is 1. The molecule has 13 heavy (non-hydrogen) atoms. The molecule has 5 heteroatoms. The van der Waals surface area contributed by atoms with Crippen LogP contribution in [0.2, 0.25) is 0 Å². The van der Waals surface area contributed by atoms with Gasteiger partial charge in [0, 0.05) is 13.1 Å². The van der Waals surface area contributed by atoms with Crippen LogP contribution in [-0.2, 0) is 14.4 Å². The molecule has 0 bridgehead atoms. The number of hydroxylamine groups is 1. The van der Waals surface area contributed by atoms with Crippen molar-refractivity contribution in [2.75, 3.05) is 26.4 Å². The zero-order valence-corrected chi connectivity index (χ0v) is 7.67. The highest BCUT2D eigenvalue weighted by Gasteiger charge is 2.05. The first-order valence-corrected chi connectivity index (χ1v) is 4.60. The molecule has 2 N–H and O–H groups in total. The molecule has 2 aliphatic heterocycles. The summed E-state index contributed by atoms with van der Waals surface area (Å²) in [5.41, 5.74) is 2.78. The third-order valence-corrected chi connectivity index (χ3v) is 1.72. The van der Waals surface area contributed by atoms with E-state index in [0.29, 0.717) is 13.2 Å². The van der Waals surface area contributed by atoms with Crippen LogP contribution in [0.1, 0.15) is 19.3 Å². The Balaban J connectivity index is 0.000000132. The van der Waals surface area contributed by atoms with Crippen molar-refractivity contribution in [3.63, 3.8) is 0 Å². The Hall–Kier alpha value is -0.650. The minimum absolute atomic E-state index is 0.0984. The number of cyclic esters (lactones) is 1. The smallest absolute Gasteiger partial charge is 0.308 e. The summed E-state index contributed by atoms with van der Waals surface area (Å²) in [6.07, 6.45) is 2.99. The van der Waals surface area contributed by atoms with Crippen LogP contribution in [0.5, 0.6) is 0 Å². The van der Waals surface area contributed by atoms with Gasteiger partial charge in [-0.05, 0) is 12.8 Å².